The quantitative estimate of drug-likeness (QED) is 0.428. The number of allylic oxidation sites excluding steroid dienone is 1. The van der Waals surface area contributed by atoms with Crippen LogP contribution in [0.1, 0.15) is 38.2 Å². The van der Waals surface area contributed by atoms with Crippen molar-refractivity contribution >= 4 is 5.97 Å². The first kappa shape index (κ1) is 12.5. The summed E-state index contributed by atoms with van der Waals surface area (Å²) in [6, 6.07) is 7.64. The van der Waals surface area contributed by atoms with Crippen LogP contribution in [0.2, 0.25) is 0 Å². The van der Waals surface area contributed by atoms with Gasteiger partial charge >= 0.3 is 5.97 Å². The van der Waals surface area contributed by atoms with Crippen LogP contribution in [0, 0.1) is 0 Å². The zero-order valence-corrected chi connectivity index (χ0v) is 9.90. The van der Waals surface area contributed by atoms with E-state index in [1.54, 1.807) is 6.08 Å². The molecule has 1 aromatic rings. The second-order valence-electron chi connectivity index (χ2n) is 4.03. The minimum Gasteiger partial charge on any atom is -0.427 e. The molecule has 86 valence electrons. The molecule has 0 saturated heterocycles. The topological polar surface area (TPSA) is 26.3 Å². The molecule has 0 fully saturated rings. The molecule has 1 rings (SSSR count). The minimum absolute atomic E-state index is 0.211. The smallest absolute Gasteiger partial charge is 0.311 e. The highest BCUT2D eigenvalue weighted by Gasteiger charge is 2.04. The molecule has 0 spiro atoms. The van der Waals surface area contributed by atoms with Gasteiger partial charge in [0.1, 0.15) is 5.75 Å². The molecule has 0 atom stereocenters. The van der Waals surface area contributed by atoms with Gasteiger partial charge in [0.2, 0.25) is 0 Å². The number of carbonyl (C=O) groups is 1. The summed E-state index contributed by atoms with van der Waals surface area (Å²) in [7, 11) is 0. The first-order valence-electron chi connectivity index (χ1n) is 5.55. The van der Waals surface area contributed by atoms with Gasteiger partial charge in [0.15, 0.2) is 0 Å². The summed E-state index contributed by atoms with van der Waals surface area (Å²) in [5.41, 5.74) is 1.24. The monoisotopic (exact) mass is 218 g/mol. The number of esters is 1. The molecule has 0 aliphatic carbocycles. The minimum atomic E-state index is -0.211. The lowest BCUT2D eigenvalue weighted by molar-refractivity contribution is -0.134. The second-order valence-corrected chi connectivity index (χ2v) is 4.03. The average molecular weight is 218 g/mol. The van der Waals surface area contributed by atoms with Crippen molar-refractivity contribution < 1.29 is 9.53 Å². The Balaban J connectivity index is 2.54. The summed E-state index contributed by atoms with van der Waals surface area (Å²) < 4.78 is 5.16. The fourth-order valence-electron chi connectivity index (χ4n) is 1.32. The van der Waals surface area contributed by atoms with Gasteiger partial charge in [0, 0.05) is 6.42 Å². The summed E-state index contributed by atoms with van der Waals surface area (Å²) in [4.78, 5) is 11.3. The van der Waals surface area contributed by atoms with Crippen LogP contribution >= 0.6 is 0 Å². The third-order valence-electron chi connectivity index (χ3n) is 2.33. The molecule has 0 heterocycles. The van der Waals surface area contributed by atoms with E-state index in [0.717, 1.165) is 0 Å². The highest BCUT2D eigenvalue weighted by atomic mass is 16.5. The fraction of sp³-hybridized carbons (Fsp3) is 0.357. The molecule has 0 N–H and O–H groups in total. The second kappa shape index (κ2) is 6.11. The molecule has 0 aliphatic heterocycles. The number of hydrogen-bond donors (Lipinski definition) is 0. The summed E-state index contributed by atoms with van der Waals surface area (Å²) in [5, 5.41) is 0. The van der Waals surface area contributed by atoms with Gasteiger partial charge in [-0.1, -0.05) is 32.1 Å². The molecule has 2 nitrogen and oxygen atoms in total. The molecule has 1 aromatic carbocycles. The van der Waals surface area contributed by atoms with Crippen LogP contribution in [0.25, 0.3) is 0 Å². The Labute approximate surface area is 96.9 Å². The highest BCUT2D eigenvalue weighted by Crippen LogP contribution is 2.18. The maximum absolute atomic E-state index is 11.3. The summed E-state index contributed by atoms with van der Waals surface area (Å²) in [5.74, 6) is 0.890. The Morgan fingerprint density at radius 2 is 2.00 bits per heavy atom. The molecule has 2 heteroatoms. The van der Waals surface area contributed by atoms with Crippen molar-refractivity contribution in [2.75, 3.05) is 0 Å². The lowest BCUT2D eigenvalue weighted by atomic mass is 10.0. The van der Waals surface area contributed by atoms with E-state index >= 15 is 0 Å². The molecule has 0 bridgehead atoms. The molecule has 0 radical (unpaired) electrons. The standard InChI is InChI=1S/C14H18O2/c1-4-5-6-14(15)16-13-9-7-12(8-10-13)11(2)3/h4,7-11H,1,5-6H2,2-3H3. The van der Waals surface area contributed by atoms with Gasteiger partial charge < -0.3 is 4.74 Å². The number of carbonyl (C=O) groups excluding carboxylic acids is 1. The number of benzene rings is 1. The Kier molecular flexibility index (Phi) is 4.77. The zero-order chi connectivity index (χ0) is 12.0. The van der Waals surface area contributed by atoms with E-state index in [9.17, 15) is 4.79 Å². The fourth-order valence-corrected chi connectivity index (χ4v) is 1.32. The third kappa shape index (κ3) is 3.89. The first-order valence-corrected chi connectivity index (χ1v) is 5.55. The van der Waals surface area contributed by atoms with Gasteiger partial charge in [-0.2, -0.15) is 0 Å². The van der Waals surface area contributed by atoms with Crippen LogP contribution in [0.15, 0.2) is 36.9 Å². The van der Waals surface area contributed by atoms with Crippen LogP contribution in [0.5, 0.6) is 5.75 Å². The van der Waals surface area contributed by atoms with Crippen LogP contribution in [-0.4, -0.2) is 5.97 Å². The van der Waals surface area contributed by atoms with Gasteiger partial charge in [-0.25, -0.2) is 0 Å². The first-order chi connectivity index (χ1) is 7.63. The van der Waals surface area contributed by atoms with Crippen LogP contribution < -0.4 is 4.74 Å². The van der Waals surface area contributed by atoms with Crippen molar-refractivity contribution in [3.05, 3.63) is 42.5 Å². The SMILES string of the molecule is C=CCCC(=O)Oc1ccc(C(C)C)cc1. The molecular weight excluding hydrogens is 200 g/mol. The Bertz CT molecular complexity index is 350. The number of rotatable bonds is 5. The summed E-state index contributed by atoms with van der Waals surface area (Å²) in [6.07, 6.45) is 2.75. The van der Waals surface area contributed by atoms with E-state index in [1.165, 1.54) is 5.56 Å². The van der Waals surface area contributed by atoms with Crippen molar-refractivity contribution in [1.82, 2.24) is 0 Å². The predicted octanol–water partition coefficient (Wildman–Crippen LogP) is 3.68. The maximum atomic E-state index is 11.3. The van der Waals surface area contributed by atoms with Crippen LogP contribution in [0.4, 0.5) is 0 Å². The van der Waals surface area contributed by atoms with Crippen LogP contribution in [-0.2, 0) is 4.79 Å². The molecule has 0 amide bonds. The van der Waals surface area contributed by atoms with E-state index < -0.39 is 0 Å². The van der Waals surface area contributed by atoms with Gasteiger partial charge in [-0.3, -0.25) is 4.79 Å². The van der Waals surface area contributed by atoms with Crippen molar-refractivity contribution in [2.45, 2.75) is 32.6 Å². The van der Waals surface area contributed by atoms with Gasteiger partial charge in [0.25, 0.3) is 0 Å². The van der Waals surface area contributed by atoms with E-state index in [4.69, 9.17) is 4.74 Å². The lowest BCUT2D eigenvalue weighted by Gasteiger charge is -2.07. The summed E-state index contributed by atoms with van der Waals surface area (Å²) >= 11 is 0. The third-order valence-corrected chi connectivity index (χ3v) is 2.33. The normalized spacial score (nSPS) is 10.2. The lowest BCUT2D eigenvalue weighted by Crippen LogP contribution is -2.06. The molecule has 0 saturated carbocycles. The van der Waals surface area contributed by atoms with E-state index in [2.05, 4.69) is 20.4 Å². The molecule has 16 heavy (non-hydrogen) atoms. The van der Waals surface area contributed by atoms with E-state index in [1.807, 2.05) is 24.3 Å². The van der Waals surface area contributed by atoms with Crippen LogP contribution in [0.3, 0.4) is 0 Å². The van der Waals surface area contributed by atoms with Gasteiger partial charge in [-0.15, -0.1) is 6.58 Å². The molecule has 0 aliphatic rings. The molecular formula is C14H18O2. The highest BCUT2D eigenvalue weighted by molar-refractivity contribution is 5.72. The van der Waals surface area contributed by atoms with E-state index in [-0.39, 0.29) is 5.97 Å². The Morgan fingerprint density at radius 3 is 2.50 bits per heavy atom. The van der Waals surface area contributed by atoms with Gasteiger partial charge in [-0.05, 0) is 30.0 Å². The maximum Gasteiger partial charge on any atom is 0.311 e. The molecule has 0 unspecified atom stereocenters. The van der Waals surface area contributed by atoms with Gasteiger partial charge in [0.05, 0.1) is 0 Å². The number of ether oxygens (including phenoxy) is 1. The Hall–Kier alpha value is -1.57. The van der Waals surface area contributed by atoms with Crippen molar-refractivity contribution in [3.8, 4) is 5.75 Å². The number of hydrogen-bond acceptors (Lipinski definition) is 2. The van der Waals surface area contributed by atoms with E-state index in [0.29, 0.717) is 24.5 Å². The van der Waals surface area contributed by atoms with Crippen molar-refractivity contribution in [3.63, 3.8) is 0 Å². The average Bonchev–Trinajstić information content (AvgIpc) is 2.27. The molecule has 0 aromatic heterocycles. The summed E-state index contributed by atoms with van der Waals surface area (Å²) in [6.45, 7) is 7.82. The van der Waals surface area contributed by atoms with Crippen molar-refractivity contribution in [2.24, 2.45) is 0 Å². The largest absolute Gasteiger partial charge is 0.427 e. The zero-order valence-electron chi connectivity index (χ0n) is 9.90. The Morgan fingerprint density at radius 1 is 1.38 bits per heavy atom. The predicted molar refractivity (Wildman–Crippen MR) is 65.6 cm³/mol. The van der Waals surface area contributed by atoms with Crippen molar-refractivity contribution in [1.29, 1.82) is 0 Å².